The molecule has 0 aliphatic heterocycles. The molecule has 0 N–H and O–H groups in total. The van der Waals surface area contributed by atoms with Crippen molar-refractivity contribution >= 4 is 5.57 Å². The van der Waals surface area contributed by atoms with Crippen LogP contribution in [-0.4, -0.2) is 14.2 Å². The van der Waals surface area contributed by atoms with Gasteiger partial charge in [0.05, 0.1) is 14.2 Å². The third-order valence-electron chi connectivity index (χ3n) is 4.37. The first-order chi connectivity index (χ1) is 10.8. The zero-order chi connectivity index (χ0) is 15.4. The van der Waals surface area contributed by atoms with Gasteiger partial charge in [0.15, 0.2) is 0 Å². The lowest BCUT2D eigenvalue weighted by atomic mass is 9.83. The summed E-state index contributed by atoms with van der Waals surface area (Å²) >= 11 is 0. The van der Waals surface area contributed by atoms with Gasteiger partial charge in [0.1, 0.15) is 11.5 Å². The molecule has 0 radical (unpaired) electrons. The number of hydrogen-bond acceptors (Lipinski definition) is 2. The van der Waals surface area contributed by atoms with E-state index < -0.39 is 0 Å². The molecule has 0 aromatic heterocycles. The Morgan fingerprint density at radius 1 is 0.818 bits per heavy atom. The molecule has 0 heterocycles. The van der Waals surface area contributed by atoms with Crippen LogP contribution in [0.4, 0.5) is 0 Å². The monoisotopic (exact) mass is 294 g/mol. The van der Waals surface area contributed by atoms with Crippen LogP contribution >= 0.6 is 0 Å². The summed E-state index contributed by atoms with van der Waals surface area (Å²) in [5.41, 5.74) is 4.11. The molecule has 0 spiro atoms. The van der Waals surface area contributed by atoms with E-state index in [1.165, 1.54) is 29.5 Å². The first-order valence-electron chi connectivity index (χ1n) is 7.79. The van der Waals surface area contributed by atoms with Gasteiger partial charge < -0.3 is 9.47 Å². The van der Waals surface area contributed by atoms with Crippen LogP contribution < -0.4 is 9.47 Å². The Labute approximate surface area is 132 Å². The second-order valence-electron chi connectivity index (χ2n) is 5.69. The predicted molar refractivity (Wildman–Crippen MR) is 90.6 cm³/mol. The Kier molecular flexibility index (Phi) is 4.47. The fourth-order valence-electron chi connectivity index (χ4n) is 3.08. The van der Waals surface area contributed by atoms with E-state index in [1.807, 2.05) is 24.3 Å². The maximum absolute atomic E-state index is 5.24. The quantitative estimate of drug-likeness (QED) is 0.785. The van der Waals surface area contributed by atoms with Gasteiger partial charge in [-0.05, 0) is 60.2 Å². The van der Waals surface area contributed by atoms with Gasteiger partial charge in [-0.1, -0.05) is 30.3 Å². The van der Waals surface area contributed by atoms with Crippen LogP contribution in [-0.2, 0) is 0 Å². The van der Waals surface area contributed by atoms with E-state index in [0.717, 1.165) is 17.9 Å². The Hall–Kier alpha value is -2.22. The molecule has 3 rings (SSSR count). The predicted octanol–water partition coefficient (Wildman–Crippen LogP) is 5.05. The maximum atomic E-state index is 5.24. The molecule has 114 valence electrons. The molecule has 2 nitrogen and oxygen atoms in total. The van der Waals surface area contributed by atoms with Crippen LogP contribution in [0.25, 0.3) is 5.57 Å². The molecule has 2 aromatic carbocycles. The number of rotatable bonds is 4. The highest BCUT2D eigenvalue weighted by molar-refractivity contribution is 5.68. The third-order valence-corrected chi connectivity index (χ3v) is 4.37. The first-order valence-corrected chi connectivity index (χ1v) is 7.79. The van der Waals surface area contributed by atoms with Crippen LogP contribution in [0.3, 0.4) is 0 Å². The second kappa shape index (κ2) is 6.69. The van der Waals surface area contributed by atoms with Crippen molar-refractivity contribution in [3.63, 3.8) is 0 Å². The topological polar surface area (TPSA) is 18.5 Å². The molecule has 0 saturated carbocycles. The third kappa shape index (κ3) is 3.16. The summed E-state index contributed by atoms with van der Waals surface area (Å²) in [6.07, 6.45) is 6.02. The fraction of sp³-hybridized carbons (Fsp3) is 0.300. The van der Waals surface area contributed by atoms with Crippen LogP contribution in [0.15, 0.2) is 54.6 Å². The zero-order valence-corrected chi connectivity index (χ0v) is 13.2. The molecule has 0 saturated heterocycles. The summed E-state index contributed by atoms with van der Waals surface area (Å²) < 4.78 is 10.5. The summed E-state index contributed by atoms with van der Waals surface area (Å²) in [6, 6.07) is 16.8. The van der Waals surface area contributed by atoms with Gasteiger partial charge in [-0.15, -0.1) is 0 Å². The van der Waals surface area contributed by atoms with Crippen LogP contribution in [0.1, 0.15) is 36.3 Å². The van der Waals surface area contributed by atoms with Gasteiger partial charge in [0.25, 0.3) is 0 Å². The molecule has 2 aromatic rings. The normalized spacial score (nSPS) is 17.7. The highest BCUT2D eigenvalue weighted by Gasteiger charge is 2.16. The Bertz CT molecular complexity index is 638. The summed E-state index contributed by atoms with van der Waals surface area (Å²) in [4.78, 5) is 0. The Morgan fingerprint density at radius 2 is 1.41 bits per heavy atom. The minimum atomic E-state index is 0.497. The van der Waals surface area contributed by atoms with Crippen molar-refractivity contribution in [3.8, 4) is 11.5 Å². The average molecular weight is 294 g/mol. The summed E-state index contributed by atoms with van der Waals surface area (Å²) in [5.74, 6) is 2.32. The Morgan fingerprint density at radius 3 is 2.00 bits per heavy atom. The van der Waals surface area contributed by atoms with Gasteiger partial charge >= 0.3 is 0 Å². The van der Waals surface area contributed by atoms with E-state index in [1.54, 1.807) is 14.2 Å². The molecule has 0 amide bonds. The van der Waals surface area contributed by atoms with Gasteiger partial charge in [0.2, 0.25) is 0 Å². The van der Waals surface area contributed by atoms with Crippen molar-refractivity contribution in [1.82, 2.24) is 0 Å². The number of hydrogen-bond donors (Lipinski definition) is 0. The number of ether oxygens (including phenoxy) is 2. The van der Waals surface area contributed by atoms with Crippen molar-refractivity contribution in [2.24, 2.45) is 0 Å². The van der Waals surface area contributed by atoms with Crippen molar-refractivity contribution in [2.45, 2.75) is 25.2 Å². The Balaban J connectivity index is 1.83. The molecule has 0 bridgehead atoms. The highest BCUT2D eigenvalue weighted by atomic mass is 16.5. The van der Waals surface area contributed by atoms with E-state index in [0.29, 0.717) is 5.92 Å². The van der Waals surface area contributed by atoms with E-state index in [9.17, 15) is 0 Å². The maximum Gasteiger partial charge on any atom is 0.118 e. The van der Waals surface area contributed by atoms with E-state index in [4.69, 9.17) is 9.47 Å². The van der Waals surface area contributed by atoms with Crippen molar-refractivity contribution in [1.29, 1.82) is 0 Å². The van der Waals surface area contributed by atoms with Crippen molar-refractivity contribution in [2.75, 3.05) is 14.2 Å². The standard InChI is InChI=1S/C20H22O2/c1-21-19-10-6-15(7-11-19)17-4-3-5-18(14-17)16-8-12-20(22-2)13-9-16/h6-14,17H,3-5H2,1-2H3. The smallest absolute Gasteiger partial charge is 0.118 e. The molecule has 1 aliphatic carbocycles. The molecule has 0 fully saturated rings. The number of benzene rings is 2. The fourth-order valence-corrected chi connectivity index (χ4v) is 3.08. The average Bonchev–Trinajstić information content (AvgIpc) is 2.62. The van der Waals surface area contributed by atoms with Crippen molar-refractivity contribution < 1.29 is 9.47 Å². The molecular weight excluding hydrogens is 272 g/mol. The molecule has 2 heteroatoms. The van der Waals surface area contributed by atoms with Gasteiger partial charge in [-0.2, -0.15) is 0 Å². The van der Waals surface area contributed by atoms with E-state index in [2.05, 4.69) is 30.3 Å². The molecule has 1 aliphatic rings. The number of methoxy groups -OCH3 is 2. The van der Waals surface area contributed by atoms with Crippen LogP contribution in [0.2, 0.25) is 0 Å². The summed E-state index contributed by atoms with van der Waals surface area (Å²) in [6.45, 7) is 0. The van der Waals surface area contributed by atoms with Gasteiger partial charge in [-0.3, -0.25) is 0 Å². The largest absolute Gasteiger partial charge is 0.497 e. The molecular formula is C20H22O2. The van der Waals surface area contributed by atoms with Crippen LogP contribution in [0.5, 0.6) is 11.5 Å². The van der Waals surface area contributed by atoms with E-state index >= 15 is 0 Å². The minimum absolute atomic E-state index is 0.497. The van der Waals surface area contributed by atoms with Crippen LogP contribution in [0, 0.1) is 0 Å². The second-order valence-corrected chi connectivity index (χ2v) is 5.69. The lowest BCUT2D eigenvalue weighted by molar-refractivity contribution is 0.414. The highest BCUT2D eigenvalue weighted by Crippen LogP contribution is 2.36. The van der Waals surface area contributed by atoms with Gasteiger partial charge in [-0.25, -0.2) is 0 Å². The lowest BCUT2D eigenvalue weighted by Crippen LogP contribution is -2.03. The minimum Gasteiger partial charge on any atom is -0.497 e. The molecule has 22 heavy (non-hydrogen) atoms. The first kappa shape index (κ1) is 14.7. The van der Waals surface area contributed by atoms with Gasteiger partial charge in [0, 0.05) is 5.92 Å². The van der Waals surface area contributed by atoms with E-state index in [-0.39, 0.29) is 0 Å². The SMILES string of the molecule is COc1ccc(C2=CC(c3ccc(OC)cc3)CCC2)cc1. The summed E-state index contributed by atoms with van der Waals surface area (Å²) in [5, 5.41) is 0. The summed E-state index contributed by atoms with van der Waals surface area (Å²) in [7, 11) is 3.41. The molecule has 1 unspecified atom stereocenters. The zero-order valence-electron chi connectivity index (χ0n) is 13.2. The number of allylic oxidation sites excluding steroid dienone is 2. The van der Waals surface area contributed by atoms with Crippen molar-refractivity contribution in [3.05, 3.63) is 65.7 Å². The lowest BCUT2D eigenvalue weighted by Gasteiger charge is -2.22. The molecule has 1 atom stereocenters.